The van der Waals surface area contributed by atoms with E-state index in [1.165, 1.54) is 11.3 Å². The number of nitrogens with zero attached hydrogens (tertiary/aromatic N) is 1. The van der Waals surface area contributed by atoms with Crippen LogP contribution in [0.1, 0.15) is 33.5 Å². The van der Waals surface area contributed by atoms with E-state index in [4.69, 9.17) is 5.11 Å². The Hall–Kier alpha value is -1.84. The van der Waals surface area contributed by atoms with Crippen LogP contribution in [0.4, 0.5) is 0 Å². The zero-order valence-electron chi connectivity index (χ0n) is 12.5. The van der Waals surface area contributed by atoms with Gasteiger partial charge >= 0.3 is 0 Å². The van der Waals surface area contributed by atoms with Gasteiger partial charge in [0.1, 0.15) is 0 Å². The predicted octanol–water partition coefficient (Wildman–Crippen LogP) is 0.999. The van der Waals surface area contributed by atoms with Crippen LogP contribution in [0.15, 0.2) is 6.07 Å². The third-order valence-corrected chi connectivity index (χ3v) is 4.03. The van der Waals surface area contributed by atoms with E-state index in [1.807, 2.05) is 13.8 Å². The van der Waals surface area contributed by atoms with Crippen LogP contribution in [0.5, 0.6) is 0 Å². The molecule has 0 unspecified atom stereocenters. The van der Waals surface area contributed by atoms with Crippen molar-refractivity contribution >= 4 is 23.2 Å². The highest BCUT2D eigenvalue weighted by molar-refractivity contribution is 7.14. The number of rotatable bonds is 5. The van der Waals surface area contributed by atoms with Gasteiger partial charge in [-0.15, -0.1) is 11.3 Å². The van der Waals surface area contributed by atoms with Gasteiger partial charge in [-0.1, -0.05) is 11.8 Å². The lowest BCUT2D eigenvalue weighted by Gasteiger charge is -2.14. The van der Waals surface area contributed by atoms with Crippen LogP contribution in [-0.4, -0.2) is 48.6 Å². The lowest BCUT2D eigenvalue weighted by Crippen LogP contribution is -2.37. The van der Waals surface area contributed by atoms with Crippen molar-refractivity contribution in [3.8, 4) is 11.8 Å². The number of aliphatic hydroxyl groups is 1. The zero-order valence-corrected chi connectivity index (χ0v) is 13.3. The van der Waals surface area contributed by atoms with Crippen molar-refractivity contribution in [2.45, 2.75) is 20.3 Å². The maximum atomic E-state index is 12.0. The Kier molecular flexibility index (Phi) is 6.92. The molecule has 5 nitrogen and oxygen atoms in total. The minimum absolute atomic E-state index is 0.00829. The van der Waals surface area contributed by atoms with Gasteiger partial charge in [0, 0.05) is 20.0 Å². The van der Waals surface area contributed by atoms with E-state index >= 15 is 0 Å². The number of hydrogen-bond donors (Lipinski definition) is 2. The van der Waals surface area contributed by atoms with Crippen LogP contribution < -0.4 is 5.32 Å². The number of aliphatic hydroxyl groups excluding tert-OH is 1. The van der Waals surface area contributed by atoms with E-state index in [2.05, 4.69) is 17.2 Å². The van der Waals surface area contributed by atoms with E-state index in [-0.39, 0.29) is 25.0 Å². The van der Waals surface area contributed by atoms with E-state index in [0.717, 1.165) is 10.4 Å². The average Bonchev–Trinajstić information content (AvgIpc) is 2.85. The lowest BCUT2D eigenvalue weighted by atomic mass is 10.2. The molecule has 2 amide bonds. The summed E-state index contributed by atoms with van der Waals surface area (Å²) < 4.78 is 0. The summed E-state index contributed by atoms with van der Waals surface area (Å²) in [5, 5.41) is 11.3. The van der Waals surface area contributed by atoms with Crippen LogP contribution in [0.2, 0.25) is 0 Å². The standard InChI is InChI=1S/C15H20N2O3S/c1-4-17(3)14(19)10-16-15(20)13-9-11(2)12(21-13)7-5-6-8-18/h9,18H,4,6,8,10H2,1-3H3,(H,16,20). The quantitative estimate of drug-likeness (QED) is 0.797. The summed E-state index contributed by atoms with van der Waals surface area (Å²) in [5.41, 5.74) is 0.924. The zero-order chi connectivity index (χ0) is 15.8. The second kappa shape index (κ2) is 8.45. The third-order valence-electron chi connectivity index (χ3n) is 2.88. The summed E-state index contributed by atoms with van der Waals surface area (Å²) in [6.07, 6.45) is 0.413. The molecule has 0 aliphatic carbocycles. The highest BCUT2D eigenvalue weighted by Crippen LogP contribution is 2.20. The van der Waals surface area contributed by atoms with Gasteiger partial charge in [-0.3, -0.25) is 9.59 Å². The highest BCUT2D eigenvalue weighted by atomic mass is 32.1. The largest absolute Gasteiger partial charge is 0.395 e. The molecule has 114 valence electrons. The van der Waals surface area contributed by atoms with E-state index in [0.29, 0.717) is 17.8 Å². The first kappa shape index (κ1) is 17.2. The molecule has 0 saturated carbocycles. The molecule has 1 rings (SSSR count). The van der Waals surface area contributed by atoms with Crippen LogP contribution >= 0.6 is 11.3 Å². The molecule has 0 bridgehead atoms. The second-order valence-corrected chi connectivity index (χ2v) is 5.54. The number of likely N-dealkylation sites (N-methyl/N-ethyl adjacent to an activating group) is 1. The first-order chi connectivity index (χ1) is 9.99. The Morgan fingerprint density at radius 1 is 1.48 bits per heavy atom. The molecule has 2 N–H and O–H groups in total. The molecule has 0 spiro atoms. The summed E-state index contributed by atoms with van der Waals surface area (Å²) in [6, 6.07) is 1.76. The summed E-state index contributed by atoms with van der Waals surface area (Å²) in [4.78, 5) is 26.5. The first-order valence-corrected chi connectivity index (χ1v) is 7.53. The fourth-order valence-corrected chi connectivity index (χ4v) is 2.43. The van der Waals surface area contributed by atoms with E-state index in [9.17, 15) is 9.59 Å². The van der Waals surface area contributed by atoms with Crippen molar-refractivity contribution < 1.29 is 14.7 Å². The molecule has 0 saturated heterocycles. The SMILES string of the molecule is CCN(C)C(=O)CNC(=O)c1cc(C)c(C#CCCO)s1. The van der Waals surface area contributed by atoms with Crippen LogP contribution in [0, 0.1) is 18.8 Å². The van der Waals surface area contributed by atoms with Gasteiger partial charge in [-0.2, -0.15) is 0 Å². The molecule has 0 atom stereocenters. The number of amides is 2. The minimum Gasteiger partial charge on any atom is -0.395 e. The Morgan fingerprint density at radius 2 is 2.19 bits per heavy atom. The van der Waals surface area contributed by atoms with Crippen molar-refractivity contribution in [3.63, 3.8) is 0 Å². The fourth-order valence-electron chi connectivity index (χ4n) is 1.47. The Labute approximate surface area is 129 Å². The second-order valence-electron chi connectivity index (χ2n) is 4.49. The molecule has 21 heavy (non-hydrogen) atoms. The number of hydrogen-bond acceptors (Lipinski definition) is 4. The minimum atomic E-state index is -0.267. The summed E-state index contributed by atoms with van der Waals surface area (Å²) in [7, 11) is 1.69. The van der Waals surface area contributed by atoms with Gasteiger partial charge in [0.25, 0.3) is 5.91 Å². The normalized spacial score (nSPS) is 9.71. The van der Waals surface area contributed by atoms with Gasteiger partial charge in [0.15, 0.2) is 0 Å². The Morgan fingerprint density at radius 3 is 2.81 bits per heavy atom. The predicted molar refractivity (Wildman–Crippen MR) is 83.3 cm³/mol. The maximum absolute atomic E-state index is 12.0. The van der Waals surface area contributed by atoms with Crippen molar-refractivity contribution in [1.82, 2.24) is 10.2 Å². The third kappa shape index (κ3) is 5.21. The van der Waals surface area contributed by atoms with E-state index in [1.54, 1.807) is 18.0 Å². The average molecular weight is 308 g/mol. The van der Waals surface area contributed by atoms with Crippen molar-refractivity contribution in [1.29, 1.82) is 0 Å². The molecule has 6 heteroatoms. The molecule has 0 aliphatic rings. The summed E-state index contributed by atoms with van der Waals surface area (Å²) >= 11 is 1.29. The van der Waals surface area contributed by atoms with Crippen LogP contribution in [0.25, 0.3) is 0 Å². The molecule has 1 heterocycles. The molecule has 0 aliphatic heterocycles. The molecular formula is C15H20N2O3S. The monoisotopic (exact) mass is 308 g/mol. The molecule has 1 aromatic heterocycles. The molecular weight excluding hydrogens is 288 g/mol. The molecule has 1 aromatic rings. The number of thiophene rings is 1. The van der Waals surface area contributed by atoms with Gasteiger partial charge in [-0.25, -0.2) is 0 Å². The summed E-state index contributed by atoms with van der Waals surface area (Å²) in [5.74, 6) is 5.38. The van der Waals surface area contributed by atoms with Crippen molar-refractivity contribution in [2.24, 2.45) is 0 Å². The van der Waals surface area contributed by atoms with E-state index < -0.39 is 0 Å². The number of carbonyl (C=O) groups excluding carboxylic acids is 2. The van der Waals surface area contributed by atoms with Gasteiger partial charge in [0.05, 0.1) is 22.9 Å². The molecule has 0 aromatic carbocycles. The van der Waals surface area contributed by atoms with Crippen LogP contribution in [-0.2, 0) is 4.79 Å². The van der Waals surface area contributed by atoms with Crippen LogP contribution in [0.3, 0.4) is 0 Å². The van der Waals surface area contributed by atoms with Gasteiger partial charge in [-0.05, 0) is 25.5 Å². The van der Waals surface area contributed by atoms with Crippen molar-refractivity contribution in [2.75, 3.05) is 26.7 Å². The summed E-state index contributed by atoms with van der Waals surface area (Å²) in [6.45, 7) is 4.38. The molecule has 0 fully saturated rings. The number of aryl methyl sites for hydroxylation is 1. The Balaban J connectivity index is 2.66. The smallest absolute Gasteiger partial charge is 0.261 e. The number of carbonyl (C=O) groups is 2. The molecule has 0 radical (unpaired) electrons. The number of nitrogens with one attached hydrogen (secondary N) is 1. The highest BCUT2D eigenvalue weighted by Gasteiger charge is 2.13. The topological polar surface area (TPSA) is 69.6 Å². The Bertz CT molecular complexity index is 569. The van der Waals surface area contributed by atoms with Gasteiger partial charge < -0.3 is 15.3 Å². The maximum Gasteiger partial charge on any atom is 0.261 e. The van der Waals surface area contributed by atoms with Crippen molar-refractivity contribution in [3.05, 3.63) is 21.4 Å². The first-order valence-electron chi connectivity index (χ1n) is 6.71. The van der Waals surface area contributed by atoms with Gasteiger partial charge in [0.2, 0.25) is 5.91 Å². The lowest BCUT2D eigenvalue weighted by molar-refractivity contribution is -0.128. The fraction of sp³-hybridized carbons (Fsp3) is 0.467.